The molecule has 0 saturated carbocycles. The molecule has 1 saturated heterocycles. The number of carbonyl (C=O) groups excluding carboxylic acids is 1. The fourth-order valence-corrected chi connectivity index (χ4v) is 1.61. The zero-order valence-electron chi connectivity index (χ0n) is 7.71. The molecule has 2 nitrogen and oxygen atoms in total. The van der Waals surface area contributed by atoms with Crippen LogP contribution < -0.4 is 0 Å². The van der Waals surface area contributed by atoms with E-state index in [-0.39, 0.29) is 5.92 Å². The summed E-state index contributed by atoms with van der Waals surface area (Å²) in [5, 5.41) is 0. The molecular weight excluding hydrogens is 150 g/mol. The van der Waals surface area contributed by atoms with E-state index in [1.807, 2.05) is 6.92 Å². The highest BCUT2D eigenvalue weighted by Gasteiger charge is 2.29. The topological polar surface area (TPSA) is 20.3 Å². The van der Waals surface area contributed by atoms with Crippen molar-refractivity contribution in [2.24, 2.45) is 5.92 Å². The van der Waals surface area contributed by atoms with Gasteiger partial charge < -0.3 is 0 Å². The van der Waals surface area contributed by atoms with Crippen LogP contribution in [0.4, 0.5) is 0 Å². The molecule has 0 aromatic rings. The number of hydrogen-bond acceptors (Lipinski definition) is 2. The number of Topliss-reactive ketones (excluding diaryl/α,β-unsaturated/α-hetero) is 1. The lowest BCUT2D eigenvalue weighted by atomic mass is 9.91. The summed E-state index contributed by atoms with van der Waals surface area (Å²) in [4.78, 5) is 13.5. The van der Waals surface area contributed by atoms with Crippen LogP contribution in [0.3, 0.4) is 0 Å². The van der Waals surface area contributed by atoms with Crippen molar-refractivity contribution in [3.05, 3.63) is 0 Å². The largest absolute Gasteiger partial charge is 0.299 e. The monoisotopic (exact) mass is 165 g/mol. The molecule has 66 valence electrons. The Morgan fingerprint density at radius 3 is 2.92 bits per heavy atom. The van der Waals surface area contributed by atoms with Crippen LogP contribution in [0.5, 0.6) is 0 Å². The molecule has 2 unspecified atom stereocenters. The maximum Gasteiger partial charge on any atom is 0.138 e. The first-order valence-corrected chi connectivity index (χ1v) is 4.37. The molecule has 2 heteroatoms. The molecule has 1 fully saturated rings. The second-order valence-corrected chi connectivity index (χ2v) is 3.42. The lowest BCUT2D eigenvalue weighted by Crippen LogP contribution is -2.46. The Bertz CT molecular complexity index is 216. The van der Waals surface area contributed by atoms with E-state index in [1.54, 1.807) is 0 Å². The SMILES string of the molecule is C#CCN1CCC(=O)C(C)C1C. The number of likely N-dealkylation sites (tertiary alicyclic amines) is 1. The van der Waals surface area contributed by atoms with Crippen LogP contribution in [0.1, 0.15) is 20.3 Å². The average Bonchev–Trinajstić information content (AvgIpc) is 2.07. The first-order chi connectivity index (χ1) is 5.66. The summed E-state index contributed by atoms with van der Waals surface area (Å²) in [6.07, 6.45) is 5.88. The van der Waals surface area contributed by atoms with Gasteiger partial charge in [0.15, 0.2) is 0 Å². The van der Waals surface area contributed by atoms with E-state index >= 15 is 0 Å². The fraction of sp³-hybridized carbons (Fsp3) is 0.700. The van der Waals surface area contributed by atoms with Gasteiger partial charge >= 0.3 is 0 Å². The number of terminal acetylenes is 1. The van der Waals surface area contributed by atoms with Gasteiger partial charge in [0.05, 0.1) is 6.54 Å². The number of hydrogen-bond donors (Lipinski definition) is 0. The summed E-state index contributed by atoms with van der Waals surface area (Å²) in [5.41, 5.74) is 0. The van der Waals surface area contributed by atoms with Gasteiger partial charge in [0.2, 0.25) is 0 Å². The predicted molar refractivity (Wildman–Crippen MR) is 48.7 cm³/mol. The Hall–Kier alpha value is -0.810. The summed E-state index contributed by atoms with van der Waals surface area (Å²) < 4.78 is 0. The minimum absolute atomic E-state index is 0.145. The van der Waals surface area contributed by atoms with Gasteiger partial charge in [-0.25, -0.2) is 0 Å². The van der Waals surface area contributed by atoms with Crippen molar-refractivity contribution in [1.82, 2.24) is 4.90 Å². The number of carbonyl (C=O) groups is 1. The third-order valence-corrected chi connectivity index (χ3v) is 2.75. The Labute approximate surface area is 73.9 Å². The van der Waals surface area contributed by atoms with Crippen molar-refractivity contribution in [1.29, 1.82) is 0 Å². The molecule has 1 heterocycles. The summed E-state index contributed by atoms with van der Waals surface area (Å²) >= 11 is 0. The standard InChI is InChI=1S/C10H15NO/c1-4-6-11-7-5-10(12)8(2)9(11)3/h1,8-9H,5-7H2,2-3H3. The summed E-state index contributed by atoms with van der Waals surface area (Å²) in [5.74, 6) is 3.13. The van der Waals surface area contributed by atoms with Crippen molar-refractivity contribution in [2.75, 3.05) is 13.1 Å². The number of rotatable bonds is 1. The normalized spacial score (nSPS) is 31.6. The minimum atomic E-state index is 0.145. The molecule has 0 N–H and O–H groups in total. The summed E-state index contributed by atoms with van der Waals surface area (Å²) in [6.45, 7) is 5.54. The minimum Gasteiger partial charge on any atom is -0.299 e. The molecule has 1 aliphatic heterocycles. The molecule has 1 aliphatic rings. The summed E-state index contributed by atoms with van der Waals surface area (Å²) in [7, 11) is 0. The Balaban J connectivity index is 2.59. The smallest absolute Gasteiger partial charge is 0.138 e. The van der Waals surface area contributed by atoms with Crippen molar-refractivity contribution in [2.45, 2.75) is 26.3 Å². The van der Waals surface area contributed by atoms with Gasteiger partial charge in [0.25, 0.3) is 0 Å². The molecule has 0 spiro atoms. The average molecular weight is 165 g/mol. The van der Waals surface area contributed by atoms with Crippen LogP contribution in [0, 0.1) is 18.3 Å². The van der Waals surface area contributed by atoms with Gasteiger partial charge in [-0.15, -0.1) is 6.42 Å². The second-order valence-electron chi connectivity index (χ2n) is 3.42. The Kier molecular flexibility index (Phi) is 2.88. The lowest BCUT2D eigenvalue weighted by molar-refractivity contribution is -0.127. The predicted octanol–water partition coefficient (Wildman–Crippen LogP) is 0.919. The highest BCUT2D eigenvalue weighted by molar-refractivity contribution is 5.82. The molecule has 0 aromatic carbocycles. The van der Waals surface area contributed by atoms with Gasteiger partial charge in [-0.05, 0) is 6.92 Å². The van der Waals surface area contributed by atoms with Gasteiger partial charge in [-0.3, -0.25) is 9.69 Å². The zero-order valence-corrected chi connectivity index (χ0v) is 7.71. The second kappa shape index (κ2) is 3.73. The van der Waals surface area contributed by atoms with E-state index in [0.717, 1.165) is 6.54 Å². The third-order valence-electron chi connectivity index (χ3n) is 2.75. The zero-order chi connectivity index (χ0) is 9.14. The van der Waals surface area contributed by atoms with Gasteiger partial charge in [0.1, 0.15) is 5.78 Å². The molecule has 0 bridgehead atoms. The van der Waals surface area contributed by atoms with Gasteiger partial charge in [-0.2, -0.15) is 0 Å². The fourth-order valence-electron chi connectivity index (χ4n) is 1.61. The quantitative estimate of drug-likeness (QED) is 0.538. The molecule has 12 heavy (non-hydrogen) atoms. The van der Waals surface area contributed by atoms with E-state index in [4.69, 9.17) is 6.42 Å². The van der Waals surface area contributed by atoms with Crippen molar-refractivity contribution >= 4 is 5.78 Å². The van der Waals surface area contributed by atoms with Crippen LogP contribution in [0.15, 0.2) is 0 Å². The van der Waals surface area contributed by atoms with Crippen LogP contribution in [0.25, 0.3) is 0 Å². The third kappa shape index (κ3) is 1.67. The Morgan fingerprint density at radius 2 is 2.33 bits per heavy atom. The van der Waals surface area contributed by atoms with Gasteiger partial charge in [0, 0.05) is 24.9 Å². The van der Waals surface area contributed by atoms with E-state index in [1.165, 1.54) is 0 Å². The number of nitrogens with zero attached hydrogens (tertiary/aromatic N) is 1. The molecule has 0 amide bonds. The number of piperidine rings is 1. The maximum atomic E-state index is 11.3. The first-order valence-electron chi connectivity index (χ1n) is 4.37. The van der Waals surface area contributed by atoms with Crippen LogP contribution in [-0.2, 0) is 4.79 Å². The highest BCUT2D eigenvalue weighted by Crippen LogP contribution is 2.19. The molecule has 0 aromatic heterocycles. The van der Waals surface area contributed by atoms with Crippen LogP contribution in [0.2, 0.25) is 0 Å². The molecule has 1 rings (SSSR count). The van der Waals surface area contributed by atoms with Gasteiger partial charge in [-0.1, -0.05) is 12.8 Å². The lowest BCUT2D eigenvalue weighted by Gasteiger charge is -2.35. The molecular formula is C10H15NO. The highest BCUT2D eigenvalue weighted by atomic mass is 16.1. The van der Waals surface area contributed by atoms with Crippen LogP contribution >= 0.6 is 0 Å². The van der Waals surface area contributed by atoms with E-state index in [0.29, 0.717) is 24.8 Å². The molecule has 0 aliphatic carbocycles. The van der Waals surface area contributed by atoms with Crippen molar-refractivity contribution in [3.8, 4) is 12.3 Å². The molecule has 2 atom stereocenters. The first kappa shape index (κ1) is 9.28. The van der Waals surface area contributed by atoms with E-state index in [9.17, 15) is 4.79 Å². The maximum absolute atomic E-state index is 11.3. The summed E-state index contributed by atoms with van der Waals surface area (Å²) in [6, 6.07) is 0.308. The Morgan fingerprint density at radius 1 is 1.67 bits per heavy atom. The van der Waals surface area contributed by atoms with E-state index < -0.39 is 0 Å². The van der Waals surface area contributed by atoms with E-state index in [2.05, 4.69) is 17.7 Å². The number of ketones is 1. The van der Waals surface area contributed by atoms with Crippen molar-refractivity contribution in [3.63, 3.8) is 0 Å². The molecule has 0 radical (unpaired) electrons. The van der Waals surface area contributed by atoms with Crippen molar-refractivity contribution < 1.29 is 4.79 Å². The van der Waals surface area contributed by atoms with Crippen LogP contribution in [-0.4, -0.2) is 29.8 Å².